The van der Waals surface area contributed by atoms with Gasteiger partial charge in [0.25, 0.3) is 0 Å². The Morgan fingerprint density at radius 1 is 1.29 bits per heavy atom. The van der Waals surface area contributed by atoms with Crippen LogP contribution in [0, 0.1) is 12.7 Å². The maximum absolute atomic E-state index is 13.7. The van der Waals surface area contributed by atoms with E-state index in [0.29, 0.717) is 18.0 Å². The summed E-state index contributed by atoms with van der Waals surface area (Å²) in [7, 11) is 0. The lowest BCUT2D eigenvalue weighted by atomic mass is 10.0. The fraction of sp³-hybridized carbons (Fsp3) is 0.294. The normalized spacial score (nSPS) is 12.0. The molecule has 2 aromatic carbocycles. The zero-order valence-corrected chi connectivity index (χ0v) is 12.6. The number of ether oxygens (including phenoxy) is 1. The third-order valence-corrected chi connectivity index (χ3v) is 3.43. The number of hydrogen-bond acceptors (Lipinski definition) is 3. The summed E-state index contributed by atoms with van der Waals surface area (Å²) in [5.41, 5.74) is 9.32. The van der Waals surface area contributed by atoms with Gasteiger partial charge in [-0.15, -0.1) is 0 Å². The molecule has 21 heavy (non-hydrogen) atoms. The first-order valence-corrected chi connectivity index (χ1v) is 7.06. The quantitative estimate of drug-likeness (QED) is 0.807. The van der Waals surface area contributed by atoms with E-state index in [1.165, 1.54) is 17.2 Å². The average Bonchev–Trinajstić information content (AvgIpc) is 2.44. The SMILES string of the molecule is CCOc1cc(NC(C)c2ccccc2C)c(N)cc1F. The Labute approximate surface area is 124 Å². The molecule has 0 heterocycles. The van der Waals surface area contributed by atoms with Gasteiger partial charge in [0, 0.05) is 18.2 Å². The van der Waals surface area contributed by atoms with Crippen molar-refractivity contribution in [1.82, 2.24) is 0 Å². The molecule has 1 unspecified atom stereocenters. The topological polar surface area (TPSA) is 47.3 Å². The van der Waals surface area contributed by atoms with E-state index >= 15 is 0 Å². The fourth-order valence-corrected chi connectivity index (χ4v) is 2.34. The maximum atomic E-state index is 13.7. The van der Waals surface area contributed by atoms with Crippen LogP contribution in [0.25, 0.3) is 0 Å². The van der Waals surface area contributed by atoms with Gasteiger partial charge < -0.3 is 15.8 Å². The van der Waals surface area contributed by atoms with Gasteiger partial charge in [0.05, 0.1) is 18.0 Å². The van der Waals surface area contributed by atoms with Crippen LogP contribution in [0.3, 0.4) is 0 Å². The molecule has 1 atom stereocenters. The third kappa shape index (κ3) is 3.45. The lowest BCUT2D eigenvalue weighted by Crippen LogP contribution is -2.10. The number of benzene rings is 2. The van der Waals surface area contributed by atoms with Gasteiger partial charge >= 0.3 is 0 Å². The molecule has 0 aliphatic carbocycles. The molecule has 0 radical (unpaired) electrons. The summed E-state index contributed by atoms with van der Waals surface area (Å²) in [6.07, 6.45) is 0. The molecular formula is C17H21FN2O. The van der Waals surface area contributed by atoms with Gasteiger partial charge in [-0.25, -0.2) is 4.39 Å². The van der Waals surface area contributed by atoms with Gasteiger partial charge in [-0.2, -0.15) is 0 Å². The molecule has 0 aliphatic rings. The number of hydrogen-bond donors (Lipinski definition) is 2. The first-order valence-electron chi connectivity index (χ1n) is 7.06. The molecule has 0 saturated carbocycles. The minimum absolute atomic E-state index is 0.0634. The van der Waals surface area contributed by atoms with Crippen molar-refractivity contribution in [3.05, 3.63) is 53.3 Å². The van der Waals surface area contributed by atoms with Crippen LogP contribution in [-0.4, -0.2) is 6.61 Å². The molecule has 3 nitrogen and oxygen atoms in total. The molecule has 0 fully saturated rings. The molecule has 0 spiro atoms. The Bertz CT molecular complexity index is 628. The predicted octanol–water partition coefficient (Wildman–Crippen LogP) is 4.29. The van der Waals surface area contributed by atoms with Gasteiger partial charge in [-0.05, 0) is 31.9 Å². The van der Waals surface area contributed by atoms with E-state index in [4.69, 9.17) is 10.5 Å². The first-order chi connectivity index (χ1) is 10.0. The second-order valence-corrected chi connectivity index (χ2v) is 5.03. The standard InChI is InChI=1S/C17H21FN2O/c1-4-21-17-10-16(15(19)9-14(17)18)20-12(3)13-8-6-5-7-11(13)2/h5-10,12,20H,4,19H2,1-3H3. The van der Waals surface area contributed by atoms with Gasteiger partial charge in [0.15, 0.2) is 11.6 Å². The molecule has 2 rings (SSSR count). The molecule has 0 amide bonds. The monoisotopic (exact) mass is 288 g/mol. The molecule has 3 N–H and O–H groups in total. The fourth-order valence-electron chi connectivity index (χ4n) is 2.34. The largest absolute Gasteiger partial charge is 0.491 e. The van der Waals surface area contributed by atoms with Crippen LogP contribution in [0.5, 0.6) is 5.75 Å². The number of aryl methyl sites for hydroxylation is 1. The summed E-state index contributed by atoms with van der Waals surface area (Å²) in [5.74, 6) is -0.227. The van der Waals surface area contributed by atoms with Crippen molar-refractivity contribution in [2.24, 2.45) is 0 Å². The molecule has 2 aromatic rings. The maximum Gasteiger partial charge on any atom is 0.167 e. The van der Waals surface area contributed by atoms with Crippen molar-refractivity contribution in [1.29, 1.82) is 0 Å². The Hall–Kier alpha value is -2.23. The first kappa shape index (κ1) is 15.2. The molecule has 112 valence electrons. The molecule has 4 heteroatoms. The summed E-state index contributed by atoms with van der Waals surface area (Å²) in [6.45, 7) is 6.34. The highest BCUT2D eigenvalue weighted by Gasteiger charge is 2.13. The average molecular weight is 288 g/mol. The van der Waals surface area contributed by atoms with Crippen LogP contribution < -0.4 is 15.8 Å². The highest BCUT2D eigenvalue weighted by atomic mass is 19.1. The van der Waals surface area contributed by atoms with E-state index in [9.17, 15) is 4.39 Å². The van der Waals surface area contributed by atoms with Crippen molar-refractivity contribution >= 4 is 11.4 Å². The van der Waals surface area contributed by atoms with Crippen molar-refractivity contribution in [2.45, 2.75) is 26.8 Å². The summed E-state index contributed by atoms with van der Waals surface area (Å²) >= 11 is 0. The second kappa shape index (κ2) is 6.48. The summed E-state index contributed by atoms with van der Waals surface area (Å²) in [5, 5.41) is 3.32. The number of nitrogens with one attached hydrogen (secondary N) is 1. The van der Waals surface area contributed by atoms with E-state index in [1.54, 1.807) is 6.07 Å². The van der Waals surface area contributed by atoms with Gasteiger partial charge in [-0.1, -0.05) is 24.3 Å². The van der Waals surface area contributed by atoms with Gasteiger partial charge in [0.1, 0.15) is 0 Å². The summed E-state index contributed by atoms with van der Waals surface area (Å²) in [4.78, 5) is 0. The number of nitrogens with two attached hydrogens (primary N) is 1. The van der Waals surface area contributed by atoms with Gasteiger partial charge in [-0.3, -0.25) is 0 Å². The third-order valence-electron chi connectivity index (χ3n) is 3.43. The van der Waals surface area contributed by atoms with Crippen LogP contribution in [0.15, 0.2) is 36.4 Å². The summed E-state index contributed by atoms with van der Waals surface area (Å²) in [6, 6.07) is 11.1. The van der Waals surface area contributed by atoms with E-state index in [0.717, 1.165) is 0 Å². The van der Waals surface area contributed by atoms with Crippen molar-refractivity contribution in [3.63, 3.8) is 0 Å². The summed E-state index contributed by atoms with van der Waals surface area (Å²) < 4.78 is 19.0. The van der Waals surface area contributed by atoms with Crippen LogP contribution >= 0.6 is 0 Å². The van der Waals surface area contributed by atoms with E-state index in [1.807, 2.05) is 26.0 Å². The smallest absolute Gasteiger partial charge is 0.167 e. The molecular weight excluding hydrogens is 267 g/mol. The molecule has 0 bridgehead atoms. The van der Waals surface area contributed by atoms with Gasteiger partial charge in [0.2, 0.25) is 0 Å². The molecule has 0 aromatic heterocycles. The number of anilines is 2. The van der Waals surface area contributed by atoms with E-state index in [2.05, 4.69) is 24.4 Å². The highest BCUT2D eigenvalue weighted by molar-refractivity contribution is 5.69. The van der Waals surface area contributed by atoms with E-state index in [-0.39, 0.29) is 11.8 Å². The Kier molecular flexibility index (Phi) is 4.68. The van der Waals surface area contributed by atoms with Crippen molar-refractivity contribution in [3.8, 4) is 5.75 Å². The lowest BCUT2D eigenvalue weighted by Gasteiger charge is -2.20. The van der Waals surface area contributed by atoms with E-state index < -0.39 is 5.82 Å². The molecule has 0 saturated heterocycles. The van der Waals surface area contributed by atoms with Crippen LogP contribution in [0.2, 0.25) is 0 Å². The van der Waals surface area contributed by atoms with Crippen LogP contribution in [0.4, 0.5) is 15.8 Å². The van der Waals surface area contributed by atoms with Crippen molar-refractivity contribution in [2.75, 3.05) is 17.7 Å². The Morgan fingerprint density at radius 3 is 2.67 bits per heavy atom. The zero-order chi connectivity index (χ0) is 15.4. The van der Waals surface area contributed by atoms with Crippen LogP contribution in [-0.2, 0) is 0 Å². The number of rotatable bonds is 5. The Morgan fingerprint density at radius 2 is 2.00 bits per heavy atom. The van der Waals surface area contributed by atoms with Crippen LogP contribution in [0.1, 0.15) is 31.0 Å². The lowest BCUT2D eigenvalue weighted by molar-refractivity contribution is 0.322. The highest BCUT2D eigenvalue weighted by Crippen LogP contribution is 2.31. The predicted molar refractivity (Wildman–Crippen MR) is 85.2 cm³/mol. The van der Waals surface area contributed by atoms with Crippen molar-refractivity contribution < 1.29 is 9.13 Å². The minimum Gasteiger partial charge on any atom is -0.491 e. The molecule has 0 aliphatic heterocycles. The number of halogens is 1. The zero-order valence-electron chi connectivity index (χ0n) is 12.6. The minimum atomic E-state index is -0.441. The second-order valence-electron chi connectivity index (χ2n) is 5.03. The Balaban J connectivity index is 2.27. The number of nitrogen functional groups attached to an aromatic ring is 1.